The number of alkyl carbamates (subject to hydrolysis) is 1. The van der Waals surface area contributed by atoms with Crippen molar-refractivity contribution >= 4 is 6.09 Å². The summed E-state index contributed by atoms with van der Waals surface area (Å²) in [5.41, 5.74) is -0.498. The van der Waals surface area contributed by atoms with Gasteiger partial charge in [-0.05, 0) is 27.7 Å². The Labute approximate surface area is 92.1 Å². The van der Waals surface area contributed by atoms with E-state index >= 15 is 0 Å². The van der Waals surface area contributed by atoms with Crippen LogP contribution in [0.4, 0.5) is 18.0 Å². The minimum Gasteiger partial charge on any atom is -0.444 e. The summed E-state index contributed by atoms with van der Waals surface area (Å²) in [6.07, 6.45) is -6.45. The van der Waals surface area contributed by atoms with E-state index in [-0.39, 0.29) is 0 Å². The molecule has 0 aromatic rings. The Morgan fingerprint density at radius 2 is 1.81 bits per heavy atom. The van der Waals surface area contributed by atoms with Crippen LogP contribution in [0.1, 0.15) is 27.7 Å². The molecule has 0 aliphatic carbocycles. The smallest absolute Gasteiger partial charge is 0.444 e. The highest BCUT2D eigenvalue weighted by Crippen LogP contribution is 2.16. The maximum atomic E-state index is 11.6. The average molecular weight is 243 g/mol. The molecule has 0 unspecified atom stereocenters. The summed E-state index contributed by atoms with van der Waals surface area (Å²) in [5.74, 6) is 0. The van der Waals surface area contributed by atoms with Crippen molar-refractivity contribution in [2.24, 2.45) is 0 Å². The third-order valence-electron chi connectivity index (χ3n) is 1.27. The van der Waals surface area contributed by atoms with Gasteiger partial charge in [0.25, 0.3) is 0 Å². The van der Waals surface area contributed by atoms with E-state index in [1.165, 1.54) is 6.92 Å². The predicted molar refractivity (Wildman–Crippen MR) is 50.8 cm³/mol. The van der Waals surface area contributed by atoms with Crippen LogP contribution < -0.4 is 5.32 Å². The van der Waals surface area contributed by atoms with Crippen molar-refractivity contribution in [3.8, 4) is 0 Å². The standard InChI is InChI=1S/C9H16F3NO3/c1-6(5-15-9(10,11)12)16-7(14)13-8(2,3)4/h6H,5H2,1-4H3,(H,13,14)/t6-/m0/s1. The van der Waals surface area contributed by atoms with Crippen LogP contribution in [-0.4, -0.2) is 30.7 Å². The fourth-order valence-corrected chi connectivity index (χ4v) is 0.764. The van der Waals surface area contributed by atoms with Crippen molar-refractivity contribution in [2.75, 3.05) is 6.61 Å². The molecule has 0 radical (unpaired) electrons. The van der Waals surface area contributed by atoms with E-state index in [1.54, 1.807) is 20.8 Å². The second kappa shape index (κ2) is 5.38. The molecule has 0 saturated carbocycles. The summed E-state index contributed by atoms with van der Waals surface area (Å²) in [5, 5.41) is 2.45. The van der Waals surface area contributed by atoms with Crippen LogP contribution in [0.3, 0.4) is 0 Å². The molecule has 0 bridgehead atoms. The van der Waals surface area contributed by atoms with E-state index < -0.39 is 30.7 Å². The first-order valence-electron chi connectivity index (χ1n) is 4.69. The Morgan fingerprint density at radius 3 is 2.19 bits per heavy atom. The maximum Gasteiger partial charge on any atom is 0.522 e. The highest BCUT2D eigenvalue weighted by Gasteiger charge is 2.30. The monoisotopic (exact) mass is 243 g/mol. The third kappa shape index (κ3) is 9.57. The van der Waals surface area contributed by atoms with Crippen LogP contribution in [0.5, 0.6) is 0 Å². The van der Waals surface area contributed by atoms with Gasteiger partial charge in [-0.3, -0.25) is 4.74 Å². The Kier molecular flexibility index (Phi) is 5.05. The van der Waals surface area contributed by atoms with Crippen molar-refractivity contribution < 1.29 is 27.4 Å². The first-order valence-corrected chi connectivity index (χ1v) is 4.69. The number of alkyl halides is 3. The summed E-state index contributed by atoms with van der Waals surface area (Å²) < 4.78 is 43.1. The highest BCUT2D eigenvalue weighted by atomic mass is 19.4. The summed E-state index contributed by atoms with van der Waals surface area (Å²) in [4.78, 5) is 11.1. The van der Waals surface area contributed by atoms with E-state index in [4.69, 9.17) is 0 Å². The number of nitrogens with one attached hydrogen (secondary N) is 1. The first-order chi connectivity index (χ1) is 6.99. The van der Waals surface area contributed by atoms with Gasteiger partial charge in [0.1, 0.15) is 6.10 Å². The van der Waals surface area contributed by atoms with E-state index in [0.29, 0.717) is 0 Å². The van der Waals surface area contributed by atoms with Crippen molar-refractivity contribution in [2.45, 2.75) is 45.7 Å². The molecule has 1 N–H and O–H groups in total. The number of amides is 1. The van der Waals surface area contributed by atoms with Gasteiger partial charge in [-0.25, -0.2) is 4.79 Å². The molecule has 0 saturated heterocycles. The number of ether oxygens (including phenoxy) is 2. The van der Waals surface area contributed by atoms with Gasteiger partial charge in [0.15, 0.2) is 0 Å². The minimum absolute atomic E-state index is 0.498. The van der Waals surface area contributed by atoms with Gasteiger partial charge in [0.05, 0.1) is 6.61 Å². The van der Waals surface area contributed by atoms with Gasteiger partial charge in [-0.1, -0.05) is 0 Å². The van der Waals surface area contributed by atoms with Crippen LogP contribution in [-0.2, 0) is 9.47 Å². The summed E-state index contributed by atoms with van der Waals surface area (Å²) in [6, 6.07) is 0. The maximum absolute atomic E-state index is 11.6. The lowest BCUT2D eigenvalue weighted by Crippen LogP contribution is -2.42. The fourth-order valence-electron chi connectivity index (χ4n) is 0.764. The molecular weight excluding hydrogens is 227 g/mol. The largest absolute Gasteiger partial charge is 0.522 e. The van der Waals surface area contributed by atoms with Crippen LogP contribution in [0, 0.1) is 0 Å². The SMILES string of the molecule is C[C@@H](COC(F)(F)F)OC(=O)NC(C)(C)C. The molecule has 0 rings (SSSR count). The molecule has 0 aliphatic heterocycles. The second-order valence-electron chi connectivity index (χ2n) is 4.35. The Morgan fingerprint density at radius 1 is 1.31 bits per heavy atom. The lowest BCUT2D eigenvalue weighted by Gasteiger charge is -2.22. The Balaban J connectivity index is 3.88. The first kappa shape index (κ1) is 15.0. The Bertz CT molecular complexity index is 235. The molecule has 0 aliphatic rings. The van der Waals surface area contributed by atoms with Crippen molar-refractivity contribution in [3.63, 3.8) is 0 Å². The number of carbonyl (C=O) groups excluding carboxylic acids is 1. The quantitative estimate of drug-likeness (QED) is 0.828. The minimum atomic E-state index is -4.71. The molecule has 7 heteroatoms. The van der Waals surface area contributed by atoms with Gasteiger partial charge in [0.2, 0.25) is 0 Å². The number of rotatable bonds is 3. The number of carbonyl (C=O) groups is 1. The summed E-state index contributed by atoms with van der Waals surface area (Å²) in [7, 11) is 0. The fraction of sp³-hybridized carbons (Fsp3) is 0.889. The van der Waals surface area contributed by atoms with E-state index in [1.807, 2.05) is 0 Å². The van der Waals surface area contributed by atoms with Crippen LogP contribution in [0.2, 0.25) is 0 Å². The van der Waals surface area contributed by atoms with E-state index in [2.05, 4.69) is 14.8 Å². The molecule has 4 nitrogen and oxygen atoms in total. The second-order valence-corrected chi connectivity index (χ2v) is 4.35. The molecule has 0 aromatic heterocycles. The normalized spacial score (nSPS) is 14.4. The zero-order valence-electron chi connectivity index (χ0n) is 9.64. The number of halogens is 3. The zero-order valence-corrected chi connectivity index (χ0v) is 9.64. The lowest BCUT2D eigenvalue weighted by atomic mass is 10.1. The van der Waals surface area contributed by atoms with Gasteiger partial charge in [0, 0.05) is 5.54 Å². The van der Waals surface area contributed by atoms with Crippen molar-refractivity contribution in [1.29, 1.82) is 0 Å². The third-order valence-corrected chi connectivity index (χ3v) is 1.27. The zero-order chi connectivity index (χ0) is 13.0. The molecule has 0 aromatic carbocycles. The molecule has 0 heterocycles. The van der Waals surface area contributed by atoms with Gasteiger partial charge in [-0.2, -0.15) is 0 Å². The molecule has 0 spiro atoms. The molecule has 16 heavy (non-hydrogen) atoms. The average Bonchev–Trinajstić information content (AvgIpc) is 1.95. The van der Waals surface area contributed by atoms with Gasteiger partial charge >= 0.3 is 12.5 Å². The Hall–Kier alpha value is -0.980. The van der Waals surface area contributed by atoms with Crippen LogP contribution >= 0.6 is 0 Å². The van der Waals surface area contributed by atoms with Crippen molar-refractivity contribution in [1.82, 2.24) is 5.32 Å². The van der Waals surface area contributed by atoms with E-state index in [9.17, 15) is 18.0 Å². The molecular formula is C9H16F3NO3. The lowest BCUT2D eigenvalue weighted by molar-refractivity contribution is -0.329. The van der Waals surface area contributed by atoms with Crippen molar-refractivity contribution in [3.05, 3.63) is 0 Å². The van der Waals surface area contributed by atoms with Gasteiger partial charge in [-0.15, -0.1) is 13.2 Å². The van der Waals surface area contributed by atoms with Gasteiger partial charge < -0.3 is 10.1 Å². The molecule has 1 amide bonds. The predicted octanol–water partition coefficient (Wildman–Crippen LogP) is 2.44. The summed E-state index contributed by atoms with van der Waals surface area (Å²) in [6.45, 7) is 5.77. The van der Waals surface area contributed by atoms with Crippen LogP contribution in [0.15, 0.2) is 0 Å². The highest BCUT2D eigenvalue weighted by molar-refractivity contribution is 5.68. The molecule has 0 fully saturated rings. The molecule has 1 atom stereocenters. The summed E-state index contributed by atoms with van der Waals surface area (Å²) >= 11 is 0. The number of hydrogen-bond donors (Lipinski definition) is 1. The number of hydrogen-bond acceptors (Lipinski definition) is 3. The molecule has 96 valence electrons. The topological polar surface area (TPSA) is 47.6 Å². The van der Waals surface area contributed by atoms with E-state index in [0.717, 1.165) is 0 Å². The van der Waals surface area contributed by atoms with Crippen LogP contribution in [0.25, 0.3) is 0 Å².